The number of anilines is 1. The Hall–Kier alpha value is -2.37. The van der Waals surface area contributed by atoms with Crippen molar-refractivity contribution in [3.05, 3.63) is 41.9 Å². The average Bonchev–Trinajstić information content (AvgIpc) is 2.97. The zero-order valence-electron chi connectivity index (χ0n) is 13.3. The summed E-state index contributed by atoms with van der Waals surface area (Å²) >= 11 is 0. The molecule has 23 heavy (non-hydrogen) atoms. The second kappa shape index (κ2) is 5.37. The fraction of sp³-hybridized carbons (Fsp3) is 0.471. The standard InChI is InChI=1S/C17H21N5O/c1-3-15-12(9-22-10-16(11(2)23)19-20-22)4-5-17(18-15)21-7-13-6-14(13)8-21/h4-5,10,13-14,23H,2-3,6-9H2,1H3. The summed E-state index contributed by atoms with van der Waals surface area (Å²) in [6, 6.07) is 4.25. The molecule has 6 heteroatoms. The van der Waals surface area contributed by atoms with Gasteiger partial charge in [0.1, 0.15) is 17.3 Å². The summed E-state index contributed by atoms with van der Waals surface area (Å²) in [6.07, 6.45) is 3.99. The van der Waals surface area contributed by atoms with Crippen LogP contribution in [0.4, 0.5) is 5.82 Å². The number of aromatic nitrogens is 4. The molecule has 1 aliphatic carbocycles. The van der Waals surface area contributed by atoms with Gasteiger partial charge >= 0.3 is 0 Å². The Morgan fingerprint density at radius 2 is 2.13 bits per heavy atom. The molecule has 2 aliphatic rings. The van der Waals surface area contributed by atoms with Crippen LogP contribution in [0, 0.1) is 11.8 Å². The van der Waals surface area contributed by atoms with Crippen molar-refractivity contribution in [1.82, 2.24) is 20.0 Å². The highest BCUT2D eigenvalue weighted by atomic mass is 16.3. The molecule has 0 amide bonds. The Bertz CT molecular complexity index is 743. The first-order chi connectivity index (χ1) is 11.1. The number of nitrogens with zero attached hydrogens (tertiary/aromatic N) is 5. The summed E-state index contributed by atoms with van der Waals surface area (Å²) in [5, 5.41) is 17.3. The maximum absolute atomic E-state index is 9.36. The van der Waals surface area contributed by atoms with Gasteiger partial charge in [-0.1, -0.05) is 24.8 Å². The lowest BCUT2D eigenvalue weighted by molar-refractivity contribution is 0.510. The number of fused-ring (bicyclic) bond motifs is 1. The van der Waals surface area contributed by atoms with Crippen LogP contribution < -0.4 is 4.90 Å². The van der Waals surface area contributed by atoms with E-state index in [-0.39, 0.29) is 5.76 Å². The quantitative estimate of drug-likeness (QED) is 0.858. The lowest BCUT2D eigenvalue weighted by atomic mass is 10.1. The lowest BCUT2D eigenvalue weighted by Crippen LogP contribution is -2.23. The molecule has 0 spiro atoms. The third-order valence-electron chi connectivity index (χ3n) is 4.86. The molecular weight excluding hydrogens is 290 g/mol. The van der Waals surface area contributed by atoms with E-state index in [1.165, 1.54) is 6.42 Å². The van der Waals surface area contributed by atoms with Gasteiger partial charge in [-0.25, -0.2) is 9.67 Å². The van der Waals surface area contributed by atoms with Gasteiger partial charge in [0, 0.05) is 18.8 Å². The van der Waals surface area contributed by atoms with E-state index in [0.717, 1.165) is 48.4 Å². The molecule has 6 nitrogen and oxygen atoms in total. The van der Waals surface area contributed by atoms with E-state index in [0.29, 0.717) is 12.2 Å². The van der Waals surface area contributed by atoms with E-state index in [9.17, 15) is 5.11 Å². The summed E-state index contributed by atoms with van der Waals surface area (Å²) in [5.74, 6) is 2.84. The summed E-state index contributed by atoms with van der Waals surface area (Å²) in [4.78, 5) is 7.27. The molecule has 2 aromatic rings. The maximum Gasteiger partial charge on any atom is 0.146 e. The SMILES string of the molecule is C=C(O)c1cn(Cc2ccc(N3CC4CC4C3)nc2CC)nn1. The van der Waals surface area contributed by atoms with Crippen LogP contribution in [0.3, 0.4) is 0 Å². The number of hydrogen-bond acceptors (Lipinski definition) is 5. The minimum Gasteiger partial charge on any atom is -0.506 e. The van der Waals surface area contributed by atoms with Crippen LogP contribution in [0.2, 0.25) is 0 Å². The van der Waals surface area contributed by atoms with Crippen LogP contribution in [0.1, 0.15) is 30.3 Å². The smallest absolute Gasteiger partial charge is 0.146 e. The minimum atomic E-state index is -0.0620. The Kier molecular flexibility index (Phi) is 3.32. The van der Waals surface area contributed by atoms with E-state index < -0.39 is 0 Å². The molecule has 120 valence electrons. The fourth-order valence-corrected chi connectivity index (χ4v) is 3.41. The summed E-state index contributed by atoms with van der Waals surface area (Å²) in [7, 11) is 0. The number of aryl methyl sites for hydroxylation is 1. The zero-order chi connectivity index (χ0) is 16.0. The first-order valence-corrected chi connectivity index (χ1v) is 8.16. The van der Waals surface area contributed by atoms with Gasteiger partial charge in [-0.3, -0.25) is 0 Å². The van der Waals surface area contributed by atoms with Crippen molar-refractivity contribution in [3.8, 4) is 0 Å². The van der Waals surface area contributed by atoms with Gasteiger partial charge in [-0.05, 0) is 36.3 Å². The van der Waals surface area contributed by atoms with Crippen LogP contribution in [-0.4, -0.2) is 38.2 Å². The number of piperidine rings is 1. The lowest BCUT2D eigenvalue weighted by Gasteiger charge is -2.20. The molecule has 2 unspecified atom stereocenters. The third-order valence-corrected chi connectivity index (χ3v) is 4.86. The van der Waals surface area contributed by atoms with Gasteiger partial charge in [0.2, 0.25) is 0 Å². The van der Waals surface area contributed by atoms with Gasteiger partial charge < -0.3 is 10.0 Å². The maximum atomic E-state index is 9.36. The highest BCUT2D eigenvalue weighted by Gasteiger charge is 2.45. The molecule has 1 N–H and O–H groups in total. The van der Waals surface area contributed by atoms with Crippen molar-refractivity contribution in [2.75, 3.05) is 18.0 Å². The molecule has 2 aromatic heterocycles. The molecule has 0 bridgehead atoms. The Labute approximate surface area is 135 Å². The molecule has 1 saturated heterocycles. The number of rotatable bonds is 5. The second-order valence-corrected chi connectivity index (χ2v) is 6.54. The van der Waals surface area contributed by atoms with Crippen molar-refractivity contribution in [2.45, 2.75) is 26.3 Å². The summed E-state index contributed by atoms with van der Waals surface area (Å²) < 4.78 is 1.71. The third kappa shape index (κ3) is 2.69. The normalized spacial score (nSPS) is 22.2. The van der Waals surface area contributed by atoms with Gasteiger partial charge in [-0.15, -0.1) is 5.10 Å². The van der Waals surface area contributed by atoms with Crippen molar-refractivity contribution in [2.24, 2.45) is 11.8 Å². The van der Waals surface area contributed by atoms with Gasteiger partial charge in [-0.2, -0.15) is 0 Å². The van der Waals surface area contributed by atoms with Gasteiger partial charge in [0.05, 0.1) is 12.7 Å². The number of hydrogen-bond donors (Lipinski definition) is 1. The Morgan fingerprint density at radius 1 is 1.35 bits per heavy atom. The second-order valence-electron chi connectivity index (χ2n) is 6.54. The van der Waals surface area contributed by atoms with E-state index in [1.807, 2.05) is 0 Å². The van der Waals surface area contributed by atoms with Crippen LogP contribution >= 0.6 is 0 Å². The molecule has 1 saturated carbocycles. The van der Waals surface area contributed by atoms with E-state index >= 15 is 0 Å². The molecule has 4 rings (SSSR count). The number of aliphatic hydroxyl groups is 1. The van der Waals surface area contributed by atoms with Crippen molar-refractivity contribution < 1.29 is 5.11 Å². The highest BCUT2D eigenvalue weighted by molar-refractivity contribution is 5.50. The van der Waals surface area contributed by atoms with Crippen molar-refractivity contribution in [3.63, 3.8) is 0 Å². The molecule has 0 radical (unpaired) electrons. The highest BCUT2D eigenvalue weighted by Crippen LogP contribution is 2.45. The van der Waals surface area contributed by atoms with E-state index in [2.05, 4.69) is 40.8 Å². The van der Waals surface area contributed by atoms with Gasteiger partial charge in [0.25, 0.3) is 0 Å². The van der Waals surface area contributed by atoms with Crippen molar-refractivity contribution in [1.29, 1.82) is 0 Å². The van der Waals surface area contributed by atoms with Gasteiger partial charge in [0.15, 0.2) is 0 Å². The average molecular weight is 311 g/mol. The van der Waals surface area contributed by atoms with Crippen LogP contribution in [0.5, 0.6) is 0 Å². The molecule has 2 atom stereocenters. The van der Waals surface area contributed by atoms with Crippen LogP contribution in [-0.2, 0) is 13.0 Å². The fourth-order valence-electron chi connectivity index (χ4n) is 3.41. The predicted octanol–water partition coefficient (Wildman–Crippen LogP) is 2.27. The van der Waals surface area contributed by atoms with Crippen LogP contribution in [0.15, 0.2) is 24.9 Å². The molecule has 1 aliphatic heterocycles. The molecule has 3 heterocycles. The summed E-state index contributed by atoms with van der Waals surface area (Å²) in [6.45, 7) is 8.51. The topological polar surface area (TPSA) is 67.1 Å². The largest absolute Gasteiger partial charge is 0.506 e. The van der Waals surface area contributed by atoms with Crippen molar-refractivity contribution >= 4 is 11.6 Å². The predicted molar refractivity (Wildman–Crippen MR) is 88.2 cm³/mol. The van der Waals surface area contributed by atoms with E-state index in [4.69, 9.17) is 4.98 Å². The van der Waals surface area contributed by atoms with E-state index in [1.54, 1.807) is 10.9 Å². The Balaban J connectivity index is 1.54. The minimum absolute atomic E-state index is 0.0620. The summed E-state index contributed by atoms with van der Waals surface area (Å²) in [5.41, 5.74) is 2.65. The number of pyridine rings is 1. The zero-order valence-corrected chi connectivity index (χ0v) is 13.3. The first kappa shape index (κ1) is 14.2. The monoisotopic (exact) mass is 311 g/mol. The van der Waals surface area contributed by atoms with Crippen LogP contribution in [0.25, 0.3) is 5.76 Å². The molecule has 2 fully saturated rings. The molecular formula is C17H21N5O. The number of aliphatic hydroxyl groups excluding tert-OH is 1. The first-order valence-electron chi connectivity index (χ1n) is 8.16. The Morgan fingerprint density at radius 3 is 2.78 bits per heavy atom. The molecule has 0 aromatic carbocycles.